The molecule has 5 heteroatoms. The van der Waals surface area contributed by atoms with Gasteiger partial charge in [0.1, 0.15) is 0 Å². The van der Waals surface area contributed by atoms with Crippen LogP contribution in [0.15, 0.2) is 0 Å². The first-order valence-corrected chi connectivity index (χ1v) is 6.51. The number of rotatable bonds is 10. The van der Waals surface area contributed by atoms with Gasteiger partial charge < -0.3 is 15.2 Å². The highest BCUT2D eigenvalue weighted by Gasteiger charge is 2.36. The second kappa shape index (κ2) is 8.91. The molecule has 0 fully saturated rings. The van der Waals surface area contributed by atoms with Crippen molar-refractivity contribution in [2.45, 2.75) is 46.0 Å². The molecule has 18 heavy (non-hydrogen) atoms. The number of ether oxygens (including phenoxy) is 1. The van der Waals surface area contributed by atoms with Crippen LogP contribution in [-0.2, 0) is 14.3 Å². The molecule has 0 aliphatic rings. The summed E-state index contributed by atoms with van der Waals surface area (Å²) in [5, 5.41) is 12.0. The number of carbonyl (C=O) groups is 2. The number of carboxylic acid groups (broad SMARTS) is 1. The molecule has 0 aromatic heterocycles. The molecule has 0 unspecified atom stereocenters. The number of hydrogen-bond donors (Lipinski definition) is 2. The van der Waals surface area contributed by atoms with E-state index in [1.165, 1.54) is 0 Å². The Morgan fingerprint density at radius 1 is 1.22 bits per heavy atom. The van der Waals surface area contributed by atoms with E-state index in [-0.39, 0.29) is 12.3 Å². The van der Waals surface area contributed by atoms with E-state index in [1.807, 2.05) is 13.8 Å². The molecule has 0 aliphatic heterocycles. The highest BCUT2D eigenvalue weighted by atomic mass is 16.5. The van der Waals surface area contributed by atoms with Gasteiger partial charge in [0.15, 0.2) is 0 Å². The van der Waals surface area contributed by atoms with Crippen molar-refractivity contribution in [1.29, 1.82) is 0 Å². The first kappa shape index (κ1) is 16.9. The number of carbonyl (C=O) groups excluding carboxylic acids is 1. The molecule has 0 atom stereocenters. The molecule has 1 amide bonds. The lowest BCUT2D eigenvalue weighted by Gasteiger charge is -2.25. The van der Waals surface area contributed by atoms with E-state index in [4.69, 9.17) is 4.74 Å². The summed E-state index contributed by atoms with van der Waals surface area (Å²) in [7, 11) is 1.64. The van der Waals surface area contributed by atoms with Crippen molar-refractivity contribution in [3.63, 3.8) is 0 Å². The van der Waals surface area contributed by atoms with E-state index in [0.29, 0.717) is 26.0 Å². The van der Waals surface area contributed by atoms with Crippen LogP contribution in [-0.4, -0.2) is 37.2 Å². The lowest BCUT2D eigenvalue weighted by Crippen LogP contribution is -2.37. The largest absolute Gasteiger partial charge is 0.481 e. The van der Waals surface area contributed by atoms with Crippen LogP contribution in [0.25, 0.3) is 0 Å². The Morgan fingerprint density at radius 3 is 2.28 bits per heavy atom. The summed E-state index contributed by atoms with van der Waals surface area (Å²) in [4.78, 5) is 22.9. The summed E-state index contributed by atoms with van der Waals surface area (Å²) in [6.07, 6.45) is 2.73. The highest BCUT2D eigenvalue weighted by Crippen LogP contribution is 2.30. The number of unbranched alkanes of at least 4 members (excludes halogenated alkanes) is 1. The number of hydrogen-bond acceptors (Lipinski definition) is 3. The zero-order valence-electron chi connectivity index (χ0n) is 11.6. The Labute approximate surface area is 109 Å². The van der Waals surface area contributed by atoms with E-state index in [2.05, 4.69) is 5.32 Å². The minimum atomic E-state index is -0.920. The molecular weight excluding hydrogens is 234 g/mol. The van der Waals surface area contributed by atoms with Crippen molar-refractivity contribution < 1.29 is 19.4 Å². The first-order valence-electron chi connectivity index (χ1n) is 6.51. The SMILES string of the molecule is CCC(CC)(CC(=O)NCCCCOC)C(=O)O. The Hall–Kier alpha value is -1.10. The smallest absolute Gasteiger partial charge is 0.310 e. The van der Waals surface area contributed by atoms with E-state index < -0.39 is 11.4 Å². The number of methoxy groups -OCH3 is 1. The maximum atomic E-state index is 11.7. The Morgan fingerprint density at radius 2 is 1.83 bits per heavy atom. The second-order valence-corrected chi connectivity index (χ2v) is 4.52. The fourth-order valence-electron chi connectivity index (χ4n) is 1.85. The number of carboxylic acids is 1. The van der Waals surface area contributed by atoms with Crippen LogP contribution in [0.2, 0.25) is 0 Å². The van der Waals surface area contributed by atoms with Gasteiger partial charge in [0.2, 0.25) is 5.91 Å². The third-order valence-electron chi connectivity index (χ3n) is 3.40. The van der Waals surface area contributed by atoms with Crippen LogP contribution < -0.4 is 5.32 Å². The van der Waals surface area contributed by atoms with Crippen molar-refractivity contribution in [3.05, 3.63) is 0 Å². The summed E-state index contributed by atoms with van der Waals surface area (Å²) in [5.74, 6) is -1.07. The van der Waals surface area contributed by atoms with Crippen LogP contribution in [0.5, 0.6) is 0 Å². The lowest BCUT2D eigenvalue weighted by molar-refractivity contribution is -0.152. The zero-order chi connectivity index (χ0) is 14.0. The van der Waals surface area contributed by atoms with E-state index >= 15 is 0 Å². The minimum absolute atomic E-state index is 0.0552. The molecule has 106 valence electrons. The molecular formula is C13H25NO4. The van der Waals surface area contributed by atoms with Crippen molar-refractivity contribution in [2.75, 3.05) is 20.3 Å². The molecule has 5 nitrogen and oxygen atoms in total. The van der Waals surface area contributed by atoms with Gasteiger partial charge in [0.25, 0.3) is 0 Å². The molecule has 0 saturated carbocycles. The predicted molar refractivity (Wildman–Crippen MR) is 69.4 cm³/mol. The van der Waals surface area contributed by atoms with Crippen molar-refractivity contribution >= 4 is 11.9 Å². The number of amides is 1. The molecule has 0 bridgehead atoms. The molecule has 0 aromatic carbocycles. The van der Waals surface area contributed by atoms with E-state index in [9.17, 15) is 14.7 Å². The molecule has 0 aliphatic carbocycles. The molecule has 0 spiro atoms. The molecule has 0 saturated heterocycles. The van der Waals surface area contributed by atoms with Gasteiger partial charge in [-0.05, 0) is 25.7 Å². The lowest BCUT2D eigenvalue weighted by atomic mass is 9.79. The monoisotopic (exact) mass is 259 g/mol. The van der Waals surface area contributed by atoms with Gasteiger partial charge in [0.05, 0.1) is 5.41 Å². The van der Waals surface area contributed by atoms with Gasteiger partial charge in [0, 0.05) is 26.7 Å². The Balaban J connectivity index is 4.08. The Bertz CT molecular complexity index is 262. The number of aliphatic carboxylic acids is 1. The fraction of sp³-hybridized carbons (Fsp3) is 0.846. The van der Waals surface area contributed by atoms with Gasteiger partial charge in [-0.15, -0.1) is 0 Å². The van der Waals surface area contributed by atoms with Crippen LogP contribution in [0.4, 0.5) is 0 Å². The molecule has 0 heterocycles. The number of nitrogens with one attached hydrogen (secondary N) is 1. The summed E-state index contributed by atoms with van der Waals surface area (Å²) < 4.78 is 4.91. The predicted octanol–water partition coefficient (Wildman–Crippen LogP) is 1.81. The van der Waals surface area contributed by atoms with Crippen LogP contribution in [0.1, 0.15) is 46.0 Å². The quantitative estimate of drug-likeness (QED) is 0.587. The summed E-state index contributed by atoms with van der Waals surface area (Å²) in [5.41, 5.74) is -0.920. The fourth-order valence-corrected chi connectivity index (χ4v) is 1.85. The normalized spacial score (nSPS) is 11.3. The summed E-state index contributed by atoms with van der Waals surface area (Å²) in [6, 6.07) is 0. The van der Waals surface area contributed by atoms with Crippen molar-refractivity contribution in [2.24, 2.45) is 5.41 Å². The van der Waals surface area contributed by atoms with E-state index in [1.54, 1.807) is 7.11 Å². The van der Waals surface area contributed by atoms with Gasteiger partial charge >= 0.3 is 5.97 Å². The first-order chi connectivity index (χ1) is 8.52. The van der Waals surface area contributed by atoms with Gasteiger partial charge in [-0.3, -0.25) is 9.59 Å². The minimum Gasteiger partial charge on any atom is -0.481 e. The Kier molecular flexibility index (Phi) is 8.37. The van der Waals surface area contributed by atoms with Gasteiger partial charge in [-0.2, -0.15) is 0 Å². The molecule has 0 aromatic rings. The molecule has 2 N–H and O–H groups in total. The average Bonchev–Trinajstić information content (AvgIpc) is 2.35. The maximum Gasteiger partial charge on any atom is 0.310 e. The zero-order valence-corrected chi connectivity index (χ0v) is 11.6. The summed E-state index contributed by atoms with van der Waals surface area (Å²) in [6.45, 7) is 4.87. The van der Waals surface area contributed by atoms with Crippen LogP contribution in [0, 0.1) is 5.41 Å². The third-order valence-corrected chi connectivity index (χ3v) is 3.40. The molecule has 0 rings (SSSR count). The molecule has 0 radical (unpaired) electrons. The topological polar surface area (TPSA) is 75.6 Å². The van der Waals surface area contributed by atoms with Crippen molar-refractivity contribution in [3.8, 4) is 0 Å². The third kappa shape index (κ3) is 5.49. The van der Waals surface area contributed by atoms with Crippen LogP contribution >= 0.6 is 0 Å². The second-order valence-electron chi connectivity index (χ2n) is 4.52. The van der Waals surface area contributed by atoms with E-state index in [0.717, 1.165) is 12.8 Å². The van der Waals surface area contributed by atoms with Gasteiger partial charge in [-0.1, -0.05) is 13.8 Å². The van der Waals surface area contributed by atoms with Crippen molar-refractivity contribution in [1.82, 2.24) is 5.32 Å². The van der Waals surface area contributed by atoms with Gasteiger partial charge in [-0.25, -0.2) is 0 Å². The standard InChI is InChI=1S/C13H25NO4/c1-4-13(5-2,12(16)17)10-11(15)14-8-6-7-9-18-3/h4-10H2,1-3H3,(H,14,15)(H,16,17). The average molecular weight is 259 g/mol. The highest BCUT2D eigenvalue weighted by molar-refractivity contribution is 5.84. The maximum absolute atomic E-state index is 11.7. The summed E-state index contributed by atoms with van der Waals surface area (Å²) >= 11 is 0. The van der Waals surface area contributed by atoms with Crippen LogP contribution in [0.3, 0.4) is 0 Å².